The van der Waals surface area contributed by atoms with Crippen LogP contribution in [0.25, 0.3) is 0 Å². The minimum absolute atomic E-state index is 0.0236. The molecule has 0 atom stereocenters. The van der Waals surface area contributed by atoms with E-state index >= 15 is 0 Å². The molecule has 6 heteroatoms. The fourth-order valence-corrected chi connectivity index (χ4v) is 1.44. The molecule has 0 aromatic rings. The molecule has 0 unspecified atom stereocenters. The lowest BCUT2D eigenvalue weighted by atomic mass is 10.3. The second-order valence-electron chi connectivity index (χ2n) is 3.72. The van der Waals surface area contributed by atoms with Gasteiger partial charge in [0.05, 0.1) is 13.0 Å². The summed E-state index contributed by atoms with van der Waals surface area (Å²) in [7, 11) is 3.08. The zero-order valence-corrected chi connectivity index (χ0v) is 11.4. The first-order valence-corrected chi connectivity index (χ1v) is 6.07. The van der Waals surface area contributed by atoms with Crippen molar-refractivity contribution in [1.29, 1.82) is 0 Å². The van der Waals surface area contributed by atoms with E-state index in [9.17, 15) is 9.59 Å². The smallest absolute Gasteiger partial charge is 0.307 e. The highest BCUT2D eigenvalue weighted by molar-refractivity contribution is 5.78. The van der Waals surface area contributed by atoms with Crippen molar-refractivity contribution in [3.05, 3.63) is 0 Å². The molecule has 0 saturated heterocycles. The van der Waals surface area contributed by atoms with Gasteiger partial charge in [0.15, 0.2) is 0 Å². The molecule has 0 aliphatic heterocycles. The average Bonchev–Trinajstić information content (AvgIpc) is 2.34. The minimum Gasteiger partial charge on any atom is -0.466 e. The van der Waals surface area contributed by atoms with Gasteiger partial charge < -0.3 is 19.1 Å². The maximum absolute atomic E-state index is 11.7. The van der Waals surface area contributed by atoms with E-state index in [2.05, 4.69) is 0 Å². The number of amides is 1. The highest BCUT2D eigenvalue weighted by atomic mass is 16.5. The average molecular weight is 261 g/mol. The molecule has 0 heterocycles. The van der Waals surface area contributed by atoms with Crippen LogP contribution in [0.4, 0.5) is 0 Å². The molecular formula is C12H23NO5. The molecule has 0 radical (unpaired) electrons. The van der Waals surface area contributed by atoms with Crippen molar-refractivity contribution in [1.82, 2.24) is 4.90 Å². The van der Waals surface area contributed by atoms with E-state index in [0.717, 1.165) is 6.42 Å². The molecule has 106 valence electrons. The Labute approximate surface area is 108 Å². The Bertz CT molecular complexity index is 245. The summed E-state index contributed by atoms with van der Waals surface area (Å²) in [6.45, 7) is 3.62. The third-order valence-electron chi connectivity index (χ3n) is 2.29. The first-order chi connectivity index (χ1) is 8.65. The largest absolute Gasteiger partial charge is 0.466 e. The van der Waals surface area contributed by atoms with Crippen molar-refractivity contribution in [2.24, 2.45) is 0 Å². The fraction of sp³-hybridized carbons (Fsp3) is 0.833. The fourth-order valence-electron chi connectivity index (χ4n) is 1.44. The van der Waals surface area contributed by atoms with E-state index in [4.69, 9.17) is 14.2 Å². The number of methoxy groups -OCH3 is 2. The van der Waals surface area contributed by atoms with Crippen LogP contribution in [0.5, 0.6) is 0 Å². The van der Waals surface area contributed by atoms with Crippen LogP contribution in [0.1, 0.15) is 19.8 Å². The molecule has 0 saturated carbocycles. The molecule has 1 amide bonds. The van der Waals surface area contributed by atoms with Crippen LogP contribution in [-0.2, 0) is 23.8 Å². The standard InChI is InChI=1S/C12H23NO5/c1-4-18-12(15)6-8-13(7-5-9-16-2)11(14)10-17-3/h4-10H2,1-3H3. The van der Waals surface area contributed by atoms with Crippen LogP contribution in [0.2, 0.25) is 0 Å². The van der Waals surface area contributed by atoms with Crippen LogP contribution in [-0.4, -0.2) is 63.9 Å². The molecular weight excluding hydrogens is 238 g/mol. The number of esters is 1. The number of ether oxygens (including phenoxy) is 3. The van der Waals surface area contributed by atoms with E-state index in [1.165, 1.54) is 7.11 Å². The molecule has 0 aliphatic rings. The SMILES string of the molecule is CCOC(=O)CCN(CCCOC)C(=O)COC. The summed E-state index contributed by atoms with van der Waals surface area (Å²) in [6.07, 6.45) is 0.936. The Morgan fingerprint density at radius 1 is 1.11 bits per heavy atom. The van der Waals surface area contributed by atoms with Crippen LogP contribution in [0, 0.1) is 0 Å². The Hall–Kier alpha value is -1.14. The number of carbonyl (C=O) groups is 2. The van der Waals surface area contributed by atoms with E-state index in [-0.39, 0.29) is 24.9 Å². The Kier molecular flexibility index (Phi) is 10.3. The van der Waals surface area contributed by atoms with Gasteiger partial charge in [0.25, 0.3) is 0 Å². The van der Waals surface area contributed by atoms with Gasteiger partial charge >= 0.3 is 5.97 Å². The van der Waals surface area contributed by atoms with E-state index in [1.807, 2.05) is 0 Å². The van der Waals surface area contributed by atoms with Gasteiger partial charge in [-0.05, 0) is 13.3 Å². The van der Waals surface area contributed by atoms with Gasteiger partial charge in [-0.25, -0.2) is 0 Å². The maximum atomic E-state index is 11.7. The van der Waals surface area contributed by atoms with Gasteiger partial charge in [0.2, 0.25) is 5.91 Å². The van der Waals surface area contributed by atoms with E-state index < -0.39 is 0 Å². The lowest BCUT2D eigenvalue weighted by Crippen LogP contribution is -2.36. The van der Waals surface area contributed by atoms with Gasteiger partial charge in [-0.2, -0.15) is 0 Å². The first-order valence-electron chi connectivity index (χ1n) is 6.07. The van der Waals surface area contributed by atoms with Crippen molar-refractivity contribution in [2.75, 3.05) is 47.1 Å². The summed E-state index contributed by atoms with van der Waals surface area (Å²) >= 11 is 0. The monoisotopic (exact) mass is 261 g/mol. The van der Waals surface area contributed by atoms with E-state index in [1.54, 1.807) is 18.9 Å². The number of nitrogens with zero attached hydrogens (tertiary/aromatic N) is 1. The molecule has 0 aliphatic carbocycles. The Morgan fingerprint density at radius 2 is 1.83 bits per heavy atom. The predicted octanol–water partition coefficient (Wildman–Crippen LogP) is 0.451. The summed E-state index contributed by atoms with van der Waals surface area (Å²) in [5.74, 6) is -0.419. The Balaban J connectivity index is 4.10. The molecule has 0 fully saturated rings. The third kappa shape index (κ3) is 8.03. The molecule has 0 rings (SSSR count). The second kappa shape index (κ2) is 11.0. The first kappa shape index (κ1) is 16.9. The highest BCUT2D eigenvalue weighted by Gasteiger charge is 2.14. The lowest BCUT2D eigenvalue weighted by molar-refractivity contribution is -0.144. The summed E-state index contributed by atoms with van der Waals surface area (Å²) < 4.78 is 14.6. The zero-order chi connectivity index (χ0) is 13.8. The van der Waals surface area contributed by atoms with Gasteiger partial charge in [-0.15, -0.1) is 0 Å². The summed E-state index contributed by atoms with van der Waals surface area (Å²) in [5.41, 5.74) is 0. The summed E-state index contributed by atoms with van der Waals surface area (Å²) in [5, 5.41) is 0. The highest BCUT2D eigenvalue weighted by Crippen LogP contribution is 1.98. The topological polar surface area (TPSA) is 65.1 Å². The summed E-state index contributed by atoms with van der Waals surface area (Å²) in [6, 6.07) is 0. The number of rotatable bonds is 10. The molecule has 6 nitrogen and oxygen atoms in total. The maximum Gasteiger partial charge on any atom is 0.307 e. The Morgan fingerprint density at radius 3 is 2.39 bits per heavy atom. The normalized spacial score (nSPS) is 10.2. The van der Waals surface area contributed by atoms with Crippen LogP contribution in [0.15, 0.2) is 0 Å². The summed E-state index contributed by atoms with van der Waals surface area (Å²) in [4.78, 5) is 24.6. The van der Waals surface area contributed by atoms with Crippen molar-refractivity contribution < 1.29 is 23.8 Å². The quantitative estimate of drug-likeness (QED) is 0.422. The number of hydrogen-bond donors (Lipinski definition) is 0. The van der Waals surface area contributed by atoms with Crippen molar-refractivity contribution in [2.45, 2.75) is 19.8 Å². The van der Waals surface area contributed by atoms with E-state index in [0.29, 0.717) is 26.3 Å². The molecule has 0 aromatic heterocycles. The van der Waals surface area contributed by atoms with Crippen molar-refractivity contribution in [3.8, 4) is 0 Å². The lowest BCUT2D eigenvalue weighted by Gasteiger charge is -2.21. The molecule has 18 heavy (non-hydrogen) atoms. The van der Waals surface area contributed by atoms with Crippen LogP contribution >= 0.6 is 0 Å². The minimum atomic E-state index is -0.292. The van der Waals surface area contributed by atoms with Gasteiger partial charge in [-0.1, -0.05) is 0 Å². The molecule has 0 aromatic carbocycles. The number of hydrogen-bond acceptors (Lipinski definition) is 5. The number of carbonyl (C=O) groups excluding carboxylic acids is 2. The van der Waals surface area contributed by atoms with Crippen molar-refractivity contribution >= 4 is 11.9 Å². The van der Waals surface area contributed by atoms with Crippen LogP contribution < -0.4 is 0 Å². The third-order valence-corrected chi connectivity index (χ3v) is 2.29. The van der Waals surface area contributed by atoms with Crippen molar-refractivity contribution in [3.63, 3.8) is 0 Å². The molecule has 0 N–H and O–H groups in total. The van der Waals surface area contributed by atoms with Gasteiger partial charge in [0, 0.05) is 33.9 Å². The molecule has 0 bridgehead atoms. The second-order valence-corrected chi connectivity index (χ2v) is 3.72. The predicted molar refractivity (Wildman–Crippen MR) is 66.2 cm³/mol. The van der Waals surface area contributed by atoms with Gasteiger partial charge in [0.1, 0.15) is 6.61 Å². The molecule has 0 spiro atoms. The van der Waals surface area contributed by atoms with Gasteiger partial charge in [-0.3, -0.25) is 9.59 Å². The zero-order valence-electron chi connectivity index (χ0n) is 11.4. The van der Waals surface area contributed by atoms with Crippen LogP contribution in [0.3, 0.4) is 0 Å².